The fourth-order valence-corrected chi connectivity index (χ4v) is 5.88. The molecule has 7 rings (SSSR count). The lowest BCUT2D eigenvalue weighted by molar-refractivity contribution is -0.137. The molecular weight excluding hydrogens is 603 g/mol. The van der Waals surface area contributed by atoms with E-state index in [0.717, 1.165) is 56.9 Å². The molecule has 6 heteroatoms. The Balaban J connectivity index is 1.46. The zero-order chi connectivity index (χ0) is 33.1. The van der Waals surface area contributed by atoms with Crippen LogP contribution < -0.4 is 4.90 Å². The topological polar surface area (TPSA) is 29.0 Å². The summed E-state index contributed by atoms with van der Waals surface area (Å²) >= 11 is 0. The molecule has 48 heavy (non-hydrogen) atoms. The highest BCUT2D eigenvalue weighted by Crippen LogP contribution is 2.41. The van der Waals surface area contributed by atoms with Crippen LogP contribution in [0, 0.1) is 6.92 Å². The minimum absolute atomic E-state index is 0.367. The van der Waals surface area contributed by atoms with Crippen LogP contribution in [0.2, 0.25) is 0 Å². The van der Waals surface area contributed by atoms with Crippen LogP contribution in [0.25, 0.3) is 44.8 Å². The summed E-state index contributed by atoms with van der Waals surface area (Å²) in [6, 6.07) is 50.9. The van der Waals surface area contributed by atoms with Gasteiger partial charge in [-0.1, -0.05) is 115 Å². The SMILES string of the molecule is Cc1cccc(-c2nc(N(c3ccccc3)c3ccc(-c4ccccc4)c(-c4cccc(C(F)(F)F)c4)n3)ccc2-c2ccccc2)c1. The van der Waals surface area contributed by atoms with Crippen molar-refractivity contribution < 1.29 is 13.2 Å². The summed E-state index contributed by atoms with van der Waals surface area (Å²) < 4.78 is 41.6. The number of anilines is 3. The highest BCUT2D eigenvalue weighted by molar-refractivity contribution is 5.86. The first-order valence-electron chi connectivity index (χ1n) is 15.6. The molecule has 0 aliphatic carbocycles. The van der Waals surface area contributed by atoms with Gasteiger partial charge in [-0.3, -0.25) is 4.90 Å². The number of aromatic nitrogens is 2. The van der Waals surface area contributed by atoms with Crippen molar-refractivity contribution in [1.82, 2.24) is 9.97 Å². The summed E-state index contributed by atoms with van der Waals surface area (Å²) in [5.41, 5.74) is 7.37. The summed E-state index contributed by atoms with van der Waals surface area (Å²) in [6.45, 7) is 2.05. The van der Waals surface area contributed by atoms with Crippen molar-refractivity contribution in [1.29, 1.82) is 0 Å². The Morgan fingerprint density at radius 1 is 0.458 bits per heavy atom. The Bertz CT molecular complexity index is 2180. The number of benzene rings is 5. The van der Waals surface area contributed by atoms with Crippen molar-refractivity contribution in [2.24, 2.45) is 0 Å². The first kappa shape index (κ1) is 30.6. The van der Waals surface area contributed by atoms with Gasteiger partial charge in [0.2, 0.25) is 0 Å². The van der Waals surface area contributed by atoms with E-state index in [1.54, 1.807) is 6.07 Å². The van der Waals surface area contributed by atoms with Crippen LogP contribution in [0.4, 0.5) is 30.5 Å². The molecule has 0 fully saturated rings. The molecule has 0 saturated heterocycles. The van der Waals surface area contributed by atoms with Crippen LogP contribution in [-0.2, 0) is 6.18 Å². The van der Waals surface area contributed by atoms with E-state index in [9.17, 15) is 13.2 Å². The molecule has 0 atom stereocenters. The van der Waals surface area contributed by atoms with Gasteiger partial charge in [0.25, 0.3) is 0 Å². The number of alkyl halides is 3. The fraction of sp³-hybridized carbons (Fsp3) is 0.0476. The minimum Gasteiger partial charge on any atom is -0.279 e. The zero-order valence-electron chi connectivity index (χ0n) is 26.1. The summed E-state index contributed by atoms with van der Waals surface area (Å²) in [6.07, 6.45) is -4.49. The van der Waals surface area contributed by atoms with Crippen molar-refractivity contribution in [3.63, 3.8) is 0 Å². The first-order valence-corrected chi connectivity index (χ1v) is 15.6. The Kier molecular flexibility index (Phi) is 8.30. The Morgan fingerprint density at radius 2 is 0.917 bits per heavy atom. The van der Waals surface area contributed by atoms with Gasteiger partial charge in [0.1, 0.15) is 11.6 Å². The number of pyridine rings is 2. The maximum Gasteiger partial charge on any atom is 0.416 e. The molecule has 0 aliphatic heterocycles. The Morgan fingerprint density at radius 3 is 1.42 bits per heavy atom. The zero-order valence-corrected chi connectivity index (χ0v) is 26.1. The molecule has 2 heterocycles. The molecule has 0 N–H and O–H groups in total. The minimum atomic E-state index is -4.49. The molecule has 0 aliphatic rings. The van der Waals surface area contributed by atoms with E-state index in [2.05, 4.69) is 43.3 Å². The van der Waals surface area contributed by atoms with Crippen molar-refractivity contribution in [3.8, 4) is 44.8 Å². The van der Waals surface area contributed by atoms with Crippen molar-refractivity contribution in [2.75, 3.05) is 4.90 Å². The molecule has 5 aromatic carbocycles. The molecule has 0 unspecified atom stereocenters. The summed E-state index contributed by atoms with van der Waals surface area (Å²) in [5, 5.41) is 0. The monoisotopic (exact) mass is 633 g/mol. The van der Waals surface area contributed by atoms with Crippen molar-refractivity contribution in [3.05, 3.63) is 175 Å². The van der Waals surface area contributed by atoms with E-state index in [1.807, 2.05) is 108 Å². The van der Waals surface area contributed by atoms with Crippen molar-refractivity contribution >= 4 is 17.3 Å². The lowest BCUT2D eigenvalue weighted by atomic mass is 9.97. The van der Waals surface area contributed by atoms with Gasteiger partial charge in [-0.25, -0.2) is 9.97 Å². The maximum atomic E-state index is 13.9. The second-order valence-corrected chi connectivity index (χ2v) is 11.5. The summed E-state index contributed by atoms with van der Waals surface area (Å²) in [7, 11) is 0. The Labute approximate surface area is 277 Å². The molecule has 0 amide bonds. The average Bonchev–Trinajstić information content (AvgIpc) is 3.12. The van der Waals surface area contributed by atoms with E-state index in [4.69, 9.17) is 9.97 Å². The number of hydrogen-bond acceptors (Lipinski definition) is 3. The van der Waals surface area contributed by atoms with Gasteiger partial charge in [-0.15, -0.1) is 0 Å². The molecular formula is C42H30F3N3. The molecule has 7 aromatic rings. The molecule has 2 aromatic heterocycles. The van der Waals surface area contributed by atoms with E-state index >= 15 is 0 Å². The quantitative estimate of drug-likeness (QED) is 0.175. The largest absolute Gasteiger partial charge is 0.416 e. The molecule has 0 bridgehead atoms. The van der Waals surface area contributed by atoms with Crippen LogP contribution in [0.5, 0.6) is 0 Å². The summed E-state index contributed by atoms with van der Waals surface area (Å²) in [5.74, 6) is 1.13. The number of halogens is 3. The van der Waals surface area contributed by atoms with E-state index in [-0.39, 0.29) is 0 Å². The van der Waals surface area contributed by atoms with Gasteiger partial charge in [0.05, 0.1) is 17.0 Å². The van der Waals surface area contributed by atoms with E-state index < -0.39 is 11.7 Å². The fourth-order valence-electron chi connectivity index (χ4n) is 5.88. The van der Waals surface area contributed by atoms with Crippen LogP contribution in [0.3, 0.4) is 0 Å². The predicted octanol–water partition coefficient (Wildman–Crippen LogP) is 11.9. The van der Waals surface area contributed by atoms with Crippen LogP contribution in [-0.4, -0.2) is 9.97 Å². The van der Waals surface area contributed by atoms with Gasteiger partial charge >= 0.3 is 6.18 Å². The van der Waals surface area contributed by atoms with Crippen LogP contribution in [0.15, 0.2) is 164 Å². The Hall–Kier alpha value is -6.01. The highest BCUT2D eigenvalue weighted by atomic mass is 19.4. The standard InChI is InChI=1S/C42H30F3N3/c1-29-13-11-18-32(27-29)40-36(30-14-5-2-6-15-30)23-25-38(46-40)48(35-21-9-4-10-22-35)39-26-24-37(31-16-7-3-8-17-31)41(47-39)33-19-12-20-34(28-33)42(43,44)45/h2-28H,1H3. The van der Waals surface area contributed by atoms with Gasteiger partial charge in [-0.05, 0) is 72.6 Å². The second kappa shape index (κ2) is 13.0. The highest BCUT2D eigenvalue weighted by Gasteiger charge is 2.31. The maximum absolute atomic E-state index is 13.9. The lowest BCUT2D eigenvalue weighted by Gasteiger charge is -2.26. The predicted molar refractivity (Wildman–Crippen MR) is 188 cm³/mol. The van der Waals surface area contributed by atoms with Gasteiger partial charge in [0.15, 0.2) is 0 Å². The normalized spacial score (nSPS) is 11.3. The smallest absolute Gasteiger partial charge is 0.279 e. The van der Waals surface area contributed by atoms with Crippen LogP contribution >= 0.6 is 0 Å². The molecule has 3 nitrogen and oxygen atoms in total. The molecule has 0 spiro atoms. The van der Waals surface area contributed by atoms with Gasteiger partial charge < -0.3 is 0 Å². The third kappa shape index (κ3) is 6.33. The number of nitrogens with zero attached hydrogens (tertiary/aromatic N) is 3. The third-order valence-electron chi connectivity index (χ3n) is 8.16. The van der Waals surface area contributed by atoms with Crippen LogP contribution in [0.1, 0.15) is 11.1 Å². The molecule has 0 saturated carbocycles. The first-order chi connectivity index (χ1) is 23.3. The lowest BCUT2D eigenvalue weighted by Crippen LogP contribution is -2.14. The number of hydrogen-bond donors (Lipinski definition) is 0. The van der Waals surface area contributed by atoms with Crippen molar-refractivity contribution in [2.45, 2.75) is 13.1 Å². The molecule has 0 radical (unpaired) electrons. The van der Waals surface area contributed by atoms with E-state index in [1.165, 1.54) is 6.07 Å². The number of rotatable bonds is 7. The summed E-state index contributed by atoms with van der Waals surface area (Å²) in [4.78, 5) is 12.3. The van der Waals surface area contributed by atoms with Gasteiger partial charge in [0, 0.05) is 27.9 Å². The molecule has 234 valence electrons. The van der Waals surface area contributed by atoms with Gasteiger partial charge in [-0.2, -0.15) is 13.2 Å². The second-order valence-electron chi connectivity index (χ2n) is 11.5. The number of para-hydroxylation sites is 1. The third-order valence-corrected chi connectivity index (χ3v) is 8.16. The van der Waals surface area contributed by atoms with E-state index in [0.29, 0.717) is 22.9 Å². The number of aryl methyl sites for hydroxylation is 1. The average molecular weight is 634 g/mol.